The van der Waals surface area contributed by atoms with Crippen molar-refractivity contribution in [1.29, 1.82) is 0 Å². The Morgan fingerprint density at radius 3 is 2.91 bits per heavy atom. The summed E-state index contributed by atoms with van der Waals surface area (Å²) in [6.45, 7) is 0.562. The Bertz CT molecular complexity index is 645. The molecule has 0 radical (unpaired) electrons. The first-order valence-electron chi connectivity index (χ1n) is 7.09. The summed E-state index contributed by atoms with van der Waals surface area (Å²) in [5.74, 6) is -0.222. The molecule has 8 nitrogen and oxygen atoms in total. The van der Waals surface area contributed by atoms with Gasteiger partial charge in [-0.1, -0.05) is 0 Å². The predicted molar refractivity (Wildman–Crippen MR) is 76.4 cm³/mol. The summed E-state index contributed by atoms with van der Waals surface area (Å²) in [4.78, 5) is 36.0. The third-order valence-electron chi connectivity index (χ3n) is 3.90. The number of non-ortho nitro benzene ring substituents is 1. The molecule has 1 aromatic rings. The van der Waals surface area contributed by atoms with Crippen molar-refractivity contribution in [3.63, 3.8) is 0 Å². The Morgan fingerprint density at radius 2 is 2.14 bits per heavy atom. The van der Waals surface area contributed by atoms with Gasteiger partial charge in [-0.25, -0.2) is 4.79 Å². The minimum Gasteiger partial charge on any atom is -0.444 e. The molecule has 0 bridgehead atoms. The molecule has 116 valence electrons. The monoisotopic (exact) mass is 305 g/mol. The van der Waals surface area contributed by atoms with Crippen LogP contribution in [0.15, 0.2) is 18.2 Å². The molecule has 0 aliphatic carbocycles. The fourth-order valence-corrected chi connectivity index (χ4v) is 2.81. The minimum absolute atomic E-state index is 0.0271. The highest BCUT2D eigenvalue weighted by atomic mass is 16.6. The highest BCUT2D eigenvalue weighted by Crippen LogP contribution is 2.33. The maximum Gasteiger partial charge on any atom is 0.415 e. The fraction of sp³-hybridized carbons (Fsp3) is 0.429. The number of nitrogens with one attached hydrogen (secondary N) is 1. The molecule has 1 atom stereocenters. The van der Waals surface area contributed by atoms with Crippen LogP contribution >= 0.6 is 0 Å². The number of nitrogens with zero attached hydrogens (tertiary/aromatic N) is 2. The van der Waals surface area contributed by atoms with Crippen molar-refractivity contribution < 1.29 is 19.2 Å². The lowest BCUT2D eigenvalue weighted by Crippen LogP contribution is -2.50. The number of fused-ring (bicyclic) bond motifs is 1. The number of hydrogen-bond acceptors (Lipinski definition) is 5. The quantitative estimate of drug-likeness (QED) is 0.662. The molecular weight excluding hydrogens is 290 g/mol. The van der Waals surface area contributed by atoms with Crippen LogP contribution in [0.3, 0.4) is 0 Å². The first-order chi connectivity index (χ1) is 10.6. The smallest absolute Gasteiger partial charge is 0.415 e. The summed E-state index contributed by atoms with van der Waals surface area (Å²) in [7, 11) is 0. The van der Waals surface area contributed by atoms with Crippen molar-refractivity contribution in [1.82, 2.24) is 5.32 Å². The van der Waals surface area contributed by atoms with Gasteiger partial charge in [-0.15, -0.1) is 0 Å². The minimum atomic E-state index is -0.643. The summed E-state index contributed by atoms with van der Waals surface area (Å²) >= 11 is 0. The molecule has 2 aliphatic heterocycles. The van der Waals surface area contributed by atoms with Crippen LogP contribution in [0.5, 0.6) is 0 Å². The van der Waals surface area contributed by atoms with Crippen LogP contribution < -0.4 is 10.2 Å². The van der Waals surface area contributed by atoms with Crippen LogP contribution in [0.2, 0.25) is 0 Å². The highest BCUT2D eigenvalue weighted by Gasteiger charge is 2.37. The van der Waals surface area contributed by atoms with Gasteiger partial charge in [0.2, 0.25) is 5.91 Å². The maximum absolute atomic E-state index is 12.2. The van der Waals surface area contributed by atoms with E-state index >= 15 is 0 Å². The second-order valence-corrected chi connectivity index (χ2v) is 5.30. The number of cyclic esters (lactones) is 1. The number of nitro groups is 1. The molecule has 0 spiro atoms. The van der Waals surface area contributed by atoms with Crippen LogP contribution in [0, 0.1) is 10.1 Å². The SMILES string of the molecule is O=C1NCCCCC1N1C(=O)OCc2cc([N+](=O)[O-])ccc21. The zero-order valence-corrected chi connectivity index (χ0v) is 11.8. The van der Waals surface area contributed by atoms with E-state index in [0.717, 1.165) is 12.8 Å². The largest absolute Gasteiger partial charge is 0.444 e. The standard InChI is InChI=1S/C14H15N3O5/c18-13-12(3-1-2-6-15-13)16-11-5-4-10(17(20)21)7-9(11)8-22-14(16)19/h4-5,7,12H,1-3,6,8H2,(H,15,18). The lowest BCUT2D eigenvalue weighted by atomic mass is 10.0. The van der Waals surface area contributed by atoms with Crippen LogP contribution in [-0.4, -0.2) is 29.5 Å². The number of anilines is 1. The van der Waals surface area contributed by atoms with Gasteiger partial charge in [-0.2, -0.15) is 0 Å². The number of ether oxygens (including phenoxy) is 1. The summed E-state index contributed by atoms with van der Waals surface area (Å²) in [5.41, 5.74) is 0.969. The van der Waals surface area contributed by atoms with E-state index in [1.165, 1.54) is 23.1 Å². The van der Waals surface area contributed by atoms with Crippen molar-refractivity contribution in [3.8, 4) is 0 Å². The predicted octanol–water partition coefficient (Wildman–Crippen LogP) is 1.72. The topological polar surface area (TPSA) is 102 Å². The zero-order valence-electron chi connectivity index (χ0n) is 11.8. The second-order valence-electron chi connectivity index (χ2n) is 5.30. The highest BCUT2D eigenvalue weighted by molar-refractivity contribution is 5.99. The molecule has 22 heavy (non-hydrogen) atoms. The third kappa shape index (κ3) is 2.47. The molecule has 1 aromatic carbocycles. The van der Waals surface area contributed by atoms with E-state index in [1.54, 1.807) is 0 Å². The maximum atomic E-state index is 12.2. The molecule has 8 heteroatoms. The van der Waals surface area contributed by atoms with Gasteiger partial charge >= 0.3 is 6.09 Å². The lowest BCUT2D eigenvalue weighted by molar-refractivity contribution is -0.384. The van der Waals surface area contributed by atoms with Crippen LogP contribution in [-0.2, 0) is 16.1 Å². The third-order valence-corrected chi connectivity index (χ3v) is 3.90. The average molecular weight is 305 g/mol. The lowest BCUT2D eigenvalue weighted by Gasteiger charge is -2.33. The second kappa shape index (κ2) is 5.63. The summed E-state index contributed by atoms with van der Waals surface area (Å²) in [5, 5.41) is 13.6. The van der Waals surface area contributed by atoms with E-state index in [0.29, 0.717) is 24.2 Å². The van der Waals surface area contributed by atoms with Crippen LogP contribution in [0.25, 0.3) is 0 Å². The summed E-state index contributed by atoms with van der Waals surface area (Å²) in [6, 6.07) is 3.57. The normalized spacial score (nSPS) is 21.5. The van der Waals surface area contributed by atoms with E-state index in [2.05, 4.69) is 5.32 Å². The molecule has 0 saturated carbocycles. The van der Waals surface area contributed by atoms with Crippen molar-refractivity contribution in [2.45, 2.75) is 31.9 Å². The van der Waals surface area contributed by atoms with Crippen molar-refractivity contribution in [2.24, 2.45) is 0 Å². The average Bonchev–Trinajstić information content (AvgIpc) is 2.71. The number of nitro benzene ring substituents is 1. The Morgan fingerprint density at radius 1 is 1.32 bits per heavy atom. The van der Waals surface area contributed by atoms with E-state index in [4.69, 9.17) is 4.74 Å². The number of rotatable bonds is 2. The van der Waals surface area contributed by atoms with E-state index in [1.807, 2.05) is 0 Å². The van der Waals surface area contributed by atoms with Gasteiger partial charge in [0.15, 0.2) is 0 Å². The van der Waals surface area contributed by atoms with Crippen LogP contribution in [0.1, 0.15) is 24.8 Å². The van der Waals surface area contributed by atoms with Crippen molar-refractivity contribution in [3.05, 3.63) is 33.9 Å². The van der Waals surface area contributed by atoms with E-state index in [9.17, 15) is 19.7 Å². The van der Waals surface area contributed by atoms with Gasteiger partial charge in [0.1, 0.15) is 12.6 Å². The Hall–Kier alpha value is -2.64. The summed E-state index contributed by atoms with van der Waals surface area (Å²) < 4.78 is 5.08. The van der Waals surface area contributed by atoms with Crippen molar-refractivity contribution >= 4 is 23.4 Å². The van der Waals surface area contributed by atoms with Gasteiger partial charge in [0.05, 0.1) is 10.6 Å². The van der Waals surface area contributed by atoms with Crippen molar-refractivity contribution in [2.75, 3.05) is 11.4 Å². The van der Waals surface area contributed by atoms with E-state index in [-0.39, 0.29) is 18.2 Å². The number of amides is 2. The van der Waals surface area contributed by atoms with Gasteiger partial charge in [0.25, 0.3) is 5.69 Å². The molecule has 1 N–H and O–H groups in total. The molecular formula is C14H15N3O5. The molecule has 2 aliphatic rings. The number of carbonyl (C=O) groups excluding carboxylic acids is 2. The molecule has 3 rings (SSSR count). The Kier molecular flexibility index (Phi) is 3.66. The summed E-state index contributed by atoms with van der Waals surface area (Å²) in [6.07, 6.45) is 1.62. The van der Waals surface area contributed by atoms with Gasteiger partial charge in [0, 0.05) is 24.2 Å². The first-order valence-corrected chi connectivity index (χ1v) is 7.09. The molecule has 1 unspecified atom stereocenters. The molecule has 0 aromatic heterocycles. The van der Waals surface area contributed by atoms with Gasteiger partial charge < -0.3 is 10.1 Å². The number of hydrogen-bond donors (Lipinski definition) is 1. The Labute approximate surface area is 126 Å². The molecule has 2 amide bonds. The number of carbonyl (C=O) groups is 2. The fourth-order valence-electron chi connectivity index (χ4n) is 2.81. The molecule has 2 heterocycles. The first kappa shape index (κ1) is 14.3. The molecule has 1 fully saturated rings. The van der Waals surface area contributed by atoms with Crippen LogP contribution in [0.4, 0.5) is 16.2 Å². The Balaban J connectivity index is 2.00. The van der Waals surface area contributed by atoms with Gasteiger partial charge in [-0.3, -0.25) is 19.8 Å². The number of benzene rings is 1. The van der Waals surface area contributed by atoms with E-state index < -0.39 is 17.1 Å². The molecule has 1 saturated heterocycles. The van der Waals surface area contributed by atoms with Gasteiger partial charge in [-0.05, 0) is 25.3 Å². The zero-order chi connectivity index (χ0) is 15.7.